The molecule has 1 aromatic heterocycles. The average molecular weight is 406 g/mol. The fraction of sp³-hybridized carbons (Fsp3) is 0.133. The number of nitrogens with one attached hydrogen (secondary N) is 2. The van der Waals surface area contributed by atoms with Gasteiger partial charge < -0.3 is 10.6 Å². The molecular formula is C15H14N6O4S2. The Morgan fingerprint density at radius 1 is 1.26 bits per heavy atom. The number of aromatic nitrogens is 2. The van der Waals surface area contributed by atoms with Crippen LogP contribution < -0.4 is 15.8 Å². The third kappa shape index (κ3) is 5.09. The second-order valence-electron chi connectivity index (χ2n) is 5.38. The van der Waals surface area contributed by atoms with Crippen molar-refractivity contribution in [3.8, 4) is 0 Å². The number of amides is 2. The van der Waals surface area contributed by atoms with E-state index in [0.717, 1.165) is 11.8 Å². The summed E-state index contributed by atoms with van der Waals surface area (Å²) in [6.45, 7) is 0. The van der Waals surface area contributed by atoms with Crippen molar-refractivity contribution in [1.29, 1.82) is 0 Å². The van der Waals surface area contributed by atoms with Crippen LogP contribution in [0, 0.1) is 0 Å². The SMILES string of the molecule is NS(=O)(=O)c1ccc(NC(=O)CC2S/C(=N\c3ncccn3)NC2=O)cc1. The highest BCUT2D eigenvalue weighted by Gasteiger charge is 2.32. The van der Waals surface area contributed by atoms with Crippen LogP contribution in [0.15, 0.2) is 52.6 Å². The minimum Gasteiger partial charge on any atom is -0.326 e. The first-order valence-corrected chi connectivity index (χ1v) is 10.00. The van der Waals surface area contributed by atoms with Crippen LogP contribution in [0.3, 0.4) is 0 Å². The maximum Gasteiger partial charge on any atom is 0.251 e. The van der Waals surface area contributed by atoms with Gasteiger partial charge in [-0.05, 0) is 30.3 Å². The van der Waals surface area contributed by atoms with Crippen molar-refractivity contribution < 1.29 is 18.0 Å². The summed E-state index contributed by atoms with van der Waals surface area (Å²) < 4.78 is 22.4. The molecule has 140 valence electrons. The standard InChI is InChI=1S/C15H14N6O4S2/c16-27(24,25)10-4-2-9(3-5-10)19-12(22)8-11-13(23)20-15(26-11)21-14-17-6-1-7-18-14/h1-7,11H,8H2,(H,19,22)(H2,16,24,25)(H,17,18,20,21,23). The monoisotopic (exact) mass is 406 g/mol. The molecule has 0 radical (unpaired) electrons. The Morgan fingerprint density at radius 2 is 1.93 bits per heavy atom. The van der Waals surface area contributed by atoms with Gasteiger partial charge in [-0.15, -0.1) is 0 Å². The van der Waals surface area contributed by atoms with Gasteiger partial charge in [0, 0.05) is 24.5 Å². The number of rotatable bonds is 5. The molecule has 2 aromatic rings. The summed E-state index contributed by atoms with van der Waals surface area (Å²) in [5, 5.41) is 9.88. The average Bonchev–Trinajstić information content (AvgIpc) is 2.94. The van der Waals surface area contributed by atoms with Crippen molar-refractivity contribution in [2.75, 3.05) is 5.32 Å². The van der Waals surface area contributed by atoms with Gasteiger partial charge >= 0.3 is 0 Å². The van der Waals surface area contributed by atoms with E-state index in [-0.39, 0.29) is 23.2 Å². The van der Waals surface area contributed by atoms with E-state index >= 15 is 0 Å². The van der Waals surface area contributed by atoms with Crippen LogP contribution in [0.2, 0.25) is 0 Å². The lowest BCUT2D eigenvalue weighted by Gasteiger charge is -2.08. The van der Waals surface area contributed by atoms with Crippen LogP contribution in [-0.2, 0) is 19.6 Å². The number of primary sulfonamides is 1. The van der Waals surface area contributed by atoms with Crippen LogP contribution in [0.1, 0.15) is 6.42 Å². The van der Waals surface area contributed by atoms with E-state index in [2.05, 4.69) is 25.6 Å². The van der Waals surface area contributed by atoms with Crippen molar-refractivity contribution in [3.63, 3.8) is 0 Å². The van der Waals surface area contributed by atoms with E-state index < -0.39 is 21.2 Å². The van der Waals surface area contributed by atoms with Crippen LogP contribution in [0.5, 0.6) is 0 Å². The van der Waals surface area contributed by atoms with Crippen molar-refractivity contribution in [3.05, 3.63) is 42.7 Å². The normalized spacial score (nSPS) is 18.3. The molecule has 27 heavy (non-hydrogen) atoms. The highest BCUT2D eigenvalue weighted by molar-refractivity contribution is 8.15. The fourth-order valence-corrected chi connectivity index (χ4v) is 3.62. The fourth-order valence-electron chi connectivity index (χ4n) is 2.14. The molecule has 1 aromatic carbocycles. The number of carbonyl (C=O) groups is 2. The molecule has 2 amide bonds. The molecule has 1 saturated heterocycles. The lowest BCUT2D eigenvalue weighted by Crippen LogP contribution is -2.28. The zero-order valence-corrected chi connectivity index (χ0v) is 15.3. The number of sulfonamides is 1. The molecule has 2 heterocycles. The minimum atomic E-state index is -3.80. The number of hydrogen-bond donors (Lipinski definition) is 3. The van der Waals surface area contributed by atoms with Gasteiger partial charge in [0.25, 0.3) is 5.95 Å². The van der Waals surface area contributed by atoms with E-state index in [1.54, 1.807) is 6.07 Å². The highest BCUT2D eigenvalue weighted by atomic mass is 32.2. The van der Waals surface area contributed by atoms with Crippen LogP contribution in [0.25, 0.3) is 0 Å². The number of anilines is 1. The maximum absolute atomic E-state index is 12.1. The first kappa shape index (κ1) is 18.9. The Labute approximate surface area is 158 Å². The molecule has 0 aliphatic carbocycles. The largest absolute Gasteiger partial charge is 0.326 e. The Morgan fingerprint density at radius 3 is 2.56 bits per heavy atom. The summed E-state index contributed by atoms with van der Waals surface area (Å²) >= 11 is 1.11. The van der Waals surface area contributed by atoms with Gasteiger partial charge in [0.1, 0.15) is 5.25 Å². The summed E-state index contributed by atoms with van der Waals surface area (Å²) in [7, 11) is -3.80. The molecule has 1 atom stereocenters. The Balaban J connectivity index is 1.59. The molecule has 1 aliphatic rings. The van der Waals surface area contributed by atoms with Crippen molar-refractivity contribution in [2.24, 2.45) is 10.1 Å². The molecule has 0 bridgehead atoms. The number of benzene rings is 1. The zero-order chi connectivity index (χ0) is 19.4. The van der Waals surface area contributed by atoms with E-state index in [1.807, 2.05) is 0 Å². The minimum absolute atomic E-state index is 0.0600. The van der Waals surface area contributed by atoms with Gasteiger partial charge in [0.2, 0.25) is 21.8 Å². The lowest BCUT2D eigenvalue weighted by molar-refractivity contribution is -0.122. The molecule has 1 unspecified atom stereocenters. The highest BCUT2D eigenvalue weighted by Crippen LogP contribution is 2.24. The Bertz CT molecular complexity index is 993. The third-order valence-electron chi connectivity index (χ3n) is 3.37. The molecule has 10 nitrogen and oxygen atoms in total. The molecule has 1 fully saturated rings. The van der Waals surface area contributed by atoms with Crippen LogP contribution in [-0.4, -0.2) is 40.6 Å². The zero-order valence-electron chi connectivity index (χ0n) is 13.7. The van der Waals surface area contributed by atoms with Crippen molar-refractivity contribution in [1.82, 2.24) is 15.3 Å². The maximum atomic E-state index is 12.1. The molecule has 4 N–H and O–H groups in total. The first-order valence-electron chi connectivity index (χ1n) is 7.57. The smallest absolute Gasteiger partial charge is 0.251 e. The molecule has 1 aliphatic heterocycles. The number of hydrogen-bond acceptors (Lipinski definition) is 8. The van der Waals surface area contributed by atoms with E-state index in [4.69, 9.17) is 5.14 Å². The van der Waals surface area contributed by atoms with E-state index in [9.17, 15) is 18.0 Å². The predicted octanol–water partition coefficient (Wildman–Crippen LogP) is 0.372. The van der Waals surface area contributed by atoms with Crippen LogP contribution in [0.4, 0.5) is 11.6 Å². The van der Waals surface area contributed by atoms with Gasteiger partial charge in [-0.1, -0.05) is 11.8 Å². The Kier molecular flexibility index (Phi) is 5.48. The quantitative estimate of drug-likeness (QED) is 0.647. The summed E-state index contributed by atoms with van der Waals surface area (Å²) in [5.41, 5.74) is 0.391. The van der Waals surface area contributed by atoms with Crippen molar-refractivity contribution >= 4 is 50.4 Å². The lowest BCUT2D eigenvalue weighted by atomic mass is 10.2. The first-order chi connectivity index (χ1) is 12.8. The summed E-state index contributed by atoms with van der Waals surface area (Å²) in [6.07, 6.45) is 2.97. The summed E-state index contributed by atoms with van der Waals surface area (Å²) in [5.74, 6) is -0.530. The Hall–Kier alpha value is -2.83. The number of thioether (sulfide) groups is 1. The van der Waals surface area contributed by atoms with Gasteiger partial charge in [0.05, 0.1) is 4.90 Å². The second-order valence-corrected chi connectivity index (χ2v) is 8.14. The topological polar surface area (TPSA) is 156 Å². The molecule has 0 spiro atoms. The number of carbonyl (C=O) groups excluding carboxylic acids is 2. The number of amidine groups is 1. The van der Waals surface area contributed by atoms with Crippen LogP contribution >= 0.6 is 11.8 Å². The summed E-state index contributed by atoms with van der Waals surface area (Å²) in [4.78, 5) is 36.1. The third-order valence-corrected chi connectivity index (χ3v) is 5.38. The summed E-state index contributed by atoms with van der Waals surface area (Å²) in [6, 6.07) is 7.05. The predicted molar refractivity (Wildman–Crippen MR) is 99.7 cm³/mol. The van der Waals surface area contributed by atoms with Gasteiger partial charge in [0.15, 0.2) is 5.17 Å². The van der Waals surface area contributed by atoms with Gasteiger partial charge in [-0.25, -0.2) is 23.5 Å². The number of nitrogens with zero attached hydrogens (tertiary/aromatic N) is 3. The van der Waals surface area contributed by atoms with E-state index in [1.165, 1.54) is 36.7 Å². The van der Waals surface area contributed by atoms with Gasteiger partial charge in [-0.2, -0.15) is 4.99 Å². The molecule has 3 rings (SSSR count). The second kappa shape index (κ2) is 7.82. The number of aliphatic imine (C=N–C) groups is 1. The molecule has 0 saturated carbocycles. The molecular weight excluding hydrogens is 392 g/mol. The van der Waals surface area contributed by atoms with Crippen molar-refractivity contribution in [2.45, 2.75) is 16.6 Å². The molecule has 12 heteroatoms. The van der Waals surface area contributed by atoms with Gasteiger partial charge in [-0.3, -0.25) is 9.59 Å². The number of nitrogens with two attached hydrogens (primary N) is 1. The van der Waals surface area contributed by atoms with E-state index in [0.29, 0.717) is 10.9 Å².